The third kappa shape index (κ3) is 1.26. The standard InChI is InChI=1S/C5H9ClO4/c6-1-2-3(7)4(8)5(9)10-2/h2-5,7-9H,1H2/t2-,3-,4+,5+/m1/s1. The van der Waals surface area contributed by atoms with Gasteiger partial charge in [-0.05, 0) is 0 Å². The van der Waals surface area contributed by atoms with Gasteiger partial charge in [-0.15, -0.1) is 11.6 Å². The second kappa shape index (κ2) is 3.02. The number of aliphatic hydroxyl groups excluding tert-OH is 3. The summed E-state index contributed by atoms with van der Waals surface area (Å²) in [4.78, 5) is 0. The Morgan fingerprint density at radius 2 is 1.80 bits per heavy atom. The fourth-order valence-corrected chi connectivity index (χ4v) is 1.11. The van der Waals surface area contributed by atoms with Gasteiger partial charge in [-0.1, -0.05) is 0 Å². The number of halogens is 1. The number of alkyl halides is 1. The smallest absolute Gasteiger partial charge is 0.184 e. The molecule has 0 amide bonds. The normalized spacial score (nSPS) is 48.0. The fraction of sp³-hybridized carbons (Fsp3) is 1.00. The molecule has 60 valence electrons. The highest BCUT2D eigenvalue weighted by molar-refractivity contribution is 6.18. The lowest BCUT2D eigenvalue weighted by Gasteiger charge is -2.09. The molecule has 4 atom stereocenters. The summed E-state index contributed by atoms with van der Waals surface area (Å²) in [6, 6.07) is 0. The van der Waals surface area contributed by atoms with E-state index in [1.54, 1.807) is 0 Å². The summed E-state index contributed by atoms with van der Waals surface area (Å²) in [5.74, 6) is 0.0648. The largest absolute Gasteiger partial charge is 0.387 e. The number of rotatable bonds is 1. The molecule has 1 aliphatic heterocycles. The third-order valence-corrected chi connectivity index (χ3v) is 1.79. The lowest BCUT2D eigenvalue weighted by atomic mass is 10.2. The molecule has 1 aliphatic rings. The van der Waals surface area contributed by atoms with Crippen molar-refractivity contribution in [3.8, 4) is 0 Å². The molecule has 5 heteroatoms. The lowest BCUT2D eigenvalue weighted by molar-refractivity contribution is -0.123. The van der Waals surface area contributed by atoms with Crippen LogP contribution in [0.25, 0.3) is 0 Å². The summed E-state index contributed by atoms with van der Waals surface area (Å²) in [6.45, 7) is 0. The van der Waals surface area contributed by atoms with E-state index >= 15 is 0 Å². The van der Waals surface area contributed by atoms with Crippen molar-refractivity contribution >= 4 is 11.6 Å². The molecule has 0 unspecified atom stereocenters. The maximum Gasteiger partial charge on any atom is 0.184 e. The molecule has 0 aromatic heterocycles. The van der Waals surface area contributed by atoms with Gasteiger partial charge >= 0.3 is 0 Å². The van der Waals surface area contributed by atoms with E-state index in [9.17, 15) is 0 Å². The van der Waals surface area contributed by atoms with Crippen LogP contribution < -0.4 is 0 Å². The third-order valence-electron chi connectivity index (χ3n) is 1.49. The predicted molar refractivity (Wildman–Crippen MR) is 33.6 cm³/mol. The van der Waals surface area contributed by atoms with E-state index in [-0.39, 0.29) is 5.88 Å². The van der Waals surface area contributed by atoms with Crippen molar-refractivity contribution in [2.75, 3.05) is 5.88 Å². The molecule has 0 aliphatic carbocycles. The summed E-state index contributed by atoms with van der Waals surface area (Å²) >= 11 is 5.33. The SMILES string of the molecule is O[C@H]1[C@H](O)[C@@H](CCl)O[C@@H]1O. The van der Waals surface area contributed by atoms with Gasteiger partial charge in [0.05, 0.1) is 5.88 Å². The zero-order valence-electron chi connectivity index (χ0n) is 5.14. The first-order valence-corrected chi connectivity index (χ1v) is 3.46. The van der Waals surface area contributed by atoms with Gasteiger partial charge in [0.25, 0.3) is 0 Å². The Labute approximate surface area is 63.0 Å². The van der Waals surface area contributed by atoms with E-state index in [0.29, 0.717) is 0 Å². The second-order valence-electron chi connectivity index (χ2n) is 2.20. The second-order valence-corrected chi connectivity index (χ2v) is 2.51. The molecule has 1 fully saturated rings. The summed E-state index contributed by atoms with van der Waals surface area (Å²) in [5.41, 5.74) is 0. The van der Waals surface area contributed by atoms with Gasteiger partial charge in [-0.2, -0.15) is 0 Å². The van der Waals surface area contributed by atoms with Crippen molar-refractivity contribution < 1.29 is 20.1 Å². The first-order chi connectivity index (χ1) is 4.66. The molecule has 1 heterocycles. The summed E-state index contributed by atoms with van der Waals surface area (Å²) in [6.07, 6.45) is -4.28. The summed E-state index contributed by atoms with van der Waals surface area (Å²) < 4.78 is 4.66. The summed E-state index contributed by atoms with van der Waals surface area (Å²) in [7, 11) is 0. The van der Waals surface area contributed by atoms with Crippen LogP contribution in [0.1, 0.15) is 0 Å². The Balaban J connectivity index is 2.53. The zero-order chi connectivity index (χ0) is 7.72. The maximum absolute atomic E-state index is 9.01. The van der Waals surface area contributed by atoms with E-state index in [4.69, 9.17) is 26.9 Å². The average Bonchev–Trinajstić information content (AvgIpc) is 2.17. The van der Waals surface area contributed by atoms with E-state index in [2.05, 4.69) is 4.74 Å². The minimum Gasteiger partial charge on any atom is -0.387 e. The van der Waals surface area contributed by atoms with Crippen LogP contribution in [0.5, 0.6) is 0 Å². The van der Waals surface area contributed by atoms with Crippen LogP contribution in [-0.4, -0.2) is 45.8 Å². The van der Waals surface area contributed by atoms with Crippen molar-refractivity contribution in [1.29, 1.82) is 0 Å². The van der Waals surface area contributed by atoms with Crippen molar-refractivity contribution in [3.63, 3.8) is 0 Å². The Hall–Kier alpha value is 0.130. The highest BCUT2D eigenvalue weighted by atomic mass is 35.5. The van der Waals surface area contributed by atoms with Gasteiger partial charge in [0.1, 0.15) is 18.3 Å². The zero-order valence-corrected chi connectivity index (χ0v) is 5.90. The number of hydrogen-bond donors (Lipinski definition) is 3. The first-order valence-electron chi connectivity index (χ1n) is 2.92. The lowest BCUT2D eigenvalue weighted by Crippen LogP contribution is -2.32. The molecular weight excluding hydrogens is 160 g/mol. The highest BCUT2D eigenvalue weighted by Crippen LogP contribution is 2.19. The van der Waals surface area contributed by atoms with Crippen molar-refractivity contribution in [2.45, 2.75) is 24.6 Å². The predicted octanol–water partition coefficient (Wildman–Crippen LogP) is -1.34. The monoisotopic (exact) mass is 168 g/mol. The molecule has 1 rings (SSSR count). The molecule has 10 heavy (non-hydrogen) atoms. The summed E-state index contributed by atoms with van der Waals surface area (Å²) in [5, 5.41) is 26.7. The molecule has 0 saturated carbocycles. The minimum atomic E-state index is -1.31. The number of ether oxygens (including phenoxy) is 1. The Kier molecular flexibility index (Phi) is 2.49. The van der Waals surface area contributed by atoms with Crippen molar-refractivity contribution in [1.82, 2.24) is 0 Å². The molecule has 0 aromatic carbocycles. The molecule has 0 spiro atoms. The molecule has 0 radical (unpaired) electrons. The van der Waals surface area contributed by atoms with Crippen molar-refractivity contribution in [3.05, 3.63) is 0 Å². The number of aliphatic hydroxyl groups is 3. The van der Waals surface area contributed by atoms with E-state index in [1.165, 1.54) is 0 Å². The van der Waals surface area contributed by atoms with Crippen LogP contribution in [0.4, 0.5) is 0 Å². The van der Waals surface area contributed by atoms with Crippen LogP contribution in [0.3, 0.4) is 0 Å². The topological polar surface area (TPSA) is 69.9 Å². The molecule has 0 bridgehead atoms. The molecule has 0 aromatic rings. The minimum absolute atomic E-state index is 0.0648. The van der Waals surface area contributed by atoms with Gasteiger partial charge in [-0.3, -0.25) is 0 Å². The Morgan fingerprint density at radius 1 is 1.20 bits per heavy atom. The van der Waals surface area contributed by atoms with Gasteiger partial charge in [0, 0.05) is 0 Å². The average molecular weight is 169 g/mol. The van der Waals surface area contributed by atoms with Crippen LogP contribution >= 0.6 is 11.6 Å². The number of hydrogen-bond acceptors (Lipinski definition) is 4. The molecular formula is C5H9ClO4. The van der Waals surface area contributed by atoms with E-state index in [1.807, 2.05) is 0 Å². The van der Waals surface area contributed by atoms with E-state index in [0.717, 1.165) is 0 Å². The Morgan fingerprint density at radius 3 is 2.00 bits per heavy atom. The molecule has 3 N–H and O–H groups in total. The first kappa shape index (κ1) is 8.23. The van der Waals surface area contributed by atoms with E-state index < -0.39 is 24.6 Å². The van der Waals surface area contributed by atoms with Crippen LogP contribution in [0, 0.1) is 0 Å². The Bertz CT molecular complexity index is 120. The van der Waals surface area contributed by atoms with Crippen LogP contribution in [0.15, 0.2) is 0 Å². The van der Waals surface area contributed by atoms with Gasteiger partial charge < -0.3 is 20.1 Å². The fourth-order valence-electron chi connectivity index (χ4n) is 0.856. The highest BCUT2D eigenvalue weighted by Gasteiger charge is 2.40. The molecule has 1 saturated heterocycles. The quantitative estimate of drug-likeness (QED) is 0.424. The molecule has 4 nitrogen and oxygen atoms in total. The van der Waals surface area contributed by atoms with Gasteiger partial charge in [-0.25, -0.2) is 0 Å². The van der Waals surface area contributed by atoms with Crippen LogP contribution in [0.2, 0.25) is 0 Å². The maximum atomic E-state index is 9.01. The van der Waals surface area contributed by atoms with Gasteiger partial charge in [0.2, 0.25) is 0 Å². The van der Waals surface area contributed by atoms with Crippen LogP contribution in [-0.2, 0) is 4.74 Å². The van der Waals surface area contributed by atoms with Crippen molar-refractivity contribution in [2.24, 2.45) is 0 Å². The van der Waals surface area contributed by atoms with Gasteiger partial charge in [0.15, 0.2) is 6.29 Å².